The topological polar surface area (TPSA) is 113 Å². The number of nitrogens with zero attached hydrogens (tertiary/aromatic N) is 3. The largest absolute Gasteiger partial charge is 0.487 e. The number of carbonyl (C=O) groups excluding carboxylic acids is 1. The molecule has 1 aromatic heterocycles. The van der Waals surface area contributed by atoms with Crippen molar-refractivity contribution in [3.05, 3.63) is 162 Å². The molecule has 6 rings (SSSR count). The normalized spacial score (nSPS) is 14.4. The van der Waals surface area contributed by atoms with Gasteiger partial charge in [-0.15, -0.1) is 0 Å². The van der Waals surface area contributed by atoms with Crippen LogP contribution in [0.5, 0.6) is 5.75 Å². The molecule has 0 saturated carbocycles. The number of hydrogen-bond donors (Lipinski definition) is 0. The number of carbonyl (C=O) groups is 1. The van der Waals surface area contributed by atoms with Gasteiger partial charge in [-0.1, -0.05) is 72.0 Å². The molecule has 0 aliphatic carbocycles. The van der Waals surface area contributed by atoms with Crippen molar-refractivity contribution in [3.8, 4) is 5.75 Å². The van der Waals surface area contributed by atoms with Gasteiger partial charge in [0, 0.05) is 17.7 Å². The van der Waals surface area contributed by atoms with Crippen LogP contribution in [0.3, 0.4) is 0 Å². The zero-order valence-corrected chi connectivity index (χ0v) is 29.9. The summed E-state index contributed by atoms with van der Waals surface area (Å²) in [6.07, 6.45) is 1.83. The van der Waals surface area contributed by atoms with Crippen LogP contribution in [-0.4, -0.2) is 22.1 Å². The molecule has 0 amide bonds. The Morgan fingerprint density at radius 2 is 1.64 bits per heavy atom. The average Bonchev–Trinajstić information content (AvgIpc) is 3.38. The van der Waals surface area contributed by atoms with Crippen LogP contribution in [0.4, 0.5) is 5.69 Å². The number of thiazole rings is 1. The number of hydrogen-bond acceptors (Lipinski definition) is 8. The van der Waals surface area contributed by atoms with Crippen LogP contribution in [0.25, 0.3) is 11.8 Å². The van der Waals surface area contributed by atoms with E-state index in [0.29, 0.717) is 26.4 Å². The number of ether oxygens (including phenoxy) is 2. The van der Waals surface area contributed by atoms with Gasteiger partial charge in [-0.2, -0.15) is 0 Å². The third-order valence-corrected chi connectivity index (χ3v) is 9.92. The van der Waals surface area contributed by atoms with Crippen LogP contribution < -0.4 is 19.6 Å². The summed E-state index contributed by atoms with van der Waals surface area (Å²) in [5.74, 6) is 0.158. The van der Waals surface area contributed by atoms with E-state index in [9.17, 15) is 19.7 Å². The average molecular weight is 869 g/mol. The fraction of sp³-hybridized carbons (Fsp3) is 0.114. The summed E-state index contributed by atoms with van der Waals surface area (Å²) < 4.78 is 15.4. The lowest BCUT2D eigenvalue weighted by molar-refractivity contribution is -0.384. The van der Waals surface area contributed by atoms with Gasteiger partial charge in [-0.25, -0.2) is 9.79 Å². The van der Waals surface area contributed by atoms with Crippen LogP contribution in [0, 0.1) is 17.3 Å². The van der Waals surface area contributed by atoms with Crippen molar-refractivity contribution < 1.29 is 19.2 Å². The van der Waals surface area contributed by atoms with E-state index >= 15 is 0 Å². The van der Waals surface area contributed by atoms with E-state index in [2.05, 4.69) is 45.2 Å². The molecule has 0 radical (unpaired) electrons. The molecule has 1 aliphatic heterocycles. The highest BCUT2D eigenvalue weighted by Crippen LogP contribution is 2.35. The summed E-state index contributed by atoms with van der Waals surface area (Å²) in [7, 11) is 0. The minimum absolute atomic E-state index is 0.0241. The summed E-state index contributed by atoms with van der Waals surface area (Å²) in [5.41, 5.74) is 3.67. The van der Waals surface area contributed by atoms with E-state index in [1.54, 1.807) is 23.6 Å². The Kier molecular flexibility index (Phi) is 9.98. The molecule has 0 N–H and O–H groups in total. The van der Waals surface area contributed by atoms with Crippen molar-refractivity contribution in [1.82, 2.24) is 4.57 Å². The number of halogens is 2. The number of aromatic nitrogens is 1. The fourth-order valence-corrected chi connectivity index (χ4v) is 8.34. The van der Waals surface area contributed by atoms with E-state index < -0.39 is 16.9 Å². The zero-order chi connectivity index (χ0) is 33.1. The van der Waals surface area contributed by atoms with Gasteiger partial charge in [0.1, 0.15) is 12.4 Å². The van der Waals surface area contributed by atoms with E-state index in [4.69, 9.17) is 14.5 Å². The Morgan fingerprint density at radius 1 is 1.00 bits per heavy atom. The molecule has 47 heavy (non-hydrogen) atoms. The number of non-ortho nitro benzene ring substituents is 1. The molecule has 0 spiro atoms. The van der Waals surface area contributed by atoms with Crippen molar-refractivity contribution in [2.45, 2.75) is 19.6 Å². The molecule has 1 aliphatic rings. The Balaban J connectivity index is 1.42. The minimum Gasteiger partial charge on any atom is -0.487 e. The Labute approximate surface area is 300 Å². The quantitative estimate of drug-likeness (QED) is 0.0712. The Hall–Kier alpha value is -4.15. The summed E-state index contributed by atoms with van der Waals surface area (Å²) in [4.78, 5) is 43.7. The van der Waals surface area contributed by atoms with Crippen LogP contribution in [0.2, 0.25) is 0 Å². The van der Waals surface area contributed by atoms with Gasteiger partial charge in [0.15, 0.2) is 4.80 Å². The highest BCUT2D eigenvalue weighted by Gasteiger charge is 2.35. The minimum atomic E-state index is -0.737. The van der Waals surface area contributed by atoms with Gasteiger partial charge >= 0.3 is 5.97 Å². The van der Waals surface area contributed by atoms with Gasteiger partial charge < -0.3 is 9.47 Å². The number of esters is 1. The maximum absolute atomic E-state index is 14.2. The van der Waals surface area contributed by atoms with Gasteiger partial charge in [0.05, 0.1) is 40.5 Å². The molecule has 9 nitrogen and oxygen atoms in total. The molecule has 5 aromatic rings. The highest BCUT2D eigenvalue weighted by molar-refractivity contribution is 14.1. The number of nitro groups is 1. The molecule has 12 heteroatoms. The maximum atomic E-state index is 14.2. The molecule has 0 unspecified atom stereocenters. The van der Waals surface area contributed by atoms with Crippen LogP contribution in [0.15, 0.2) is 112 Å². The Bertz CT molecular complexity index is 2180. The lowest BCUT2D eigenvalue weighted by Gasteiger charge is -2.25. The van der Waals surface area contributed by atoms with Crippen LogP contribution >= 0.6 is 56.5 Å². The molecule has 0 bridgehead atoms. The van der Waals surface area contributed by atoms with Crippen molar-refractivity contribution in [3.63, 3.8) is 0 Å². The molecule has 4 aromatic carbocycles. The molecule has 0 saturated heterocycles. The van der Waals surface area contributed by atoms with Gasteiger partial charge in [-0.3, -0.25) is 19.5 Å². The first-order valence-corrected chi connectivity index (χ1v) is 17.4. The van der Waals surface area contributed by atoms with Crippen molar-refractivity contribution >= 4 is 79.9 Å². The zero-order valence-electron chi connectivity index (χ0n) is 24.8. The maximum Gasteiger partial charge on any atom is 0.338 e. The summed E-state index contributed by atoms with van der Waals surface area (Å²) in [6, 6.07) is 28.3. The number of rotatable bonds is 9. The van der Waals surface area contributed by atoms with E-state index in [0.717, 1.165) is 29.4 Å². The predicted molar refractivity (Wildman–Crippen MR) is 197 cm³/mol. The highest BCUT2D eigenvalue weighted by atomic mass is 127. The summed E-state index contributed by atoms with van der Waals surface area (Å²) in [6.45, 7) is 2.18. The number of nitro benzene ring substituents is 1. The first-order chi connectivity index (χ1) is 22.7. The second kappa shape index (κ2) is 14.3. The third kappa shape index (κ3) is 6.94. The van der Waals surface area contributed by atoms with Crippen molar-refractivity contribution in [2.24, 2.45) is 4.99 Å². The van der Waals surface area contributed by atoms with Crippen LogP contribution in [0.1, 0.15) is 35.2 Å². The molecule has 236 valence electrons. The molecular formula is C35H25I2N3O6S. The first kappa shape index (κ1) is 32.8. The lowest BCUT2D eigenvalue weighted by Crippen LogP contribution is -2.40. The van der Waals surface area contributed by atoms with Gasteiger partial charge in [-0.05, 0) is 99.1 Å². The Morgan fingerprint density at radius 3 is 2.26 bits per heavy atom. The molecule has 0 fully saturated rings. The molecule has 1 atom stereocenters. The fourth-order valence-electron chi connectivity index (χ4n) is 5.21. The second-order valence-corrected chi connectivity index (χ2v) is 13.7. The smallest absolute Gasteiger partial charge is 0.338 e. The number of fused-ring (bicyclic) bond motifs is 1. The van der Waals surface area contributed by atoms with E-state index in [1.807, 2.05) is 78.9 Å². The van der Waals surface area contributed by atoms with Crippen LogP contribution in [-0.2, 0) is 16.1 Å². The summed E-state index contributed by atoms with van der Waals surface area (Å²) >= 11 is 5.66. The first-order valence-electron chi connectivity index (χ1n) is 14.4. The molecular weight excluding hydrogens is 844 g/mol. The molecule has 2 heterocycles. The predicted octanol–water partition coefficient (Wildman–Crippen LogP) is 6.63. The van der Waals surface area contributed by atoms with Gasteiger partial charge in [0.2, 0.25) is 0 Å². The van der Waals surface area contributed by atoms with E-state index in [-0.39, 0.29) is 24.5 Å². The third-order valence-electron chi connectivity index (χ3n) is 7.34. The SMILES string of the molecule is CCOC(=O)C1=C(c2ccccc2)N=c2s/c(=C\c3cc(I)c(OCc4ccc([N+](=O)[O-])cc4)c(I)c3)c(=O)n2[C@H]1c1ccccc1. The second-order valence-electron chi connectivity index (χ2n) is 10.4. The van der Waals surface area contributed by atoms with Crippen molar-refractivity contribution in [2.75, 3.05) is 6.61 Å². The van der Waals surface area contributed by atoms with Gasteiger partial charge in [0.25, 0.3) is 11.2 Å². The summed E-state index contributed by atoms with van der Waals surface area (Å²) in [5, 5.41) is 11.0. The standard InChI is InChI=1S/C35H25I2N3O6S/c1-2-45-34(42)29-30(23-9-5-3-6-10-23)38-35-39(31(29)24-11-7-4-8-12-24)33(41)28(47-35)19-22-17-26(36)32(27(37)18-22)46-20-21-13-15-25(16-14-21)40(43)44/h3-19,31H,2,20H2,1H3/b28-19-/t31-/m0/s1. The number of benzene rings is 4. The lowest BCUT2D eigenvalue weighted by atomic mass is 9.93. The monoisotopic (exact) mass is 869 g/mol. The van der Waals surface area contributed by atoms with Crippen molar-refractivity contribution in [1.29, 1.82) is 0 Å². The van der Waals surface area contributed by atoms with E-state index in [1.165, 1.54) is 23.5 Å².